The largest absolute Gasteiger partial charge is 0.396 e. The van der Waals surface area contributed by atoms with Crippen molar-refractivity contribution in [3.8, 4) is 0 Å². The molecule has 1 saturated heterocycles. The minimum absolute atomic E-state index is 0.0137. The van der Waals surface area contributed by atoms with Crippen molar-refractivity contribution in [3.05, 3.63) is 29.8 Å². The number of anilines is 1. The van der Waals surface area contributed by atoms with Crippen LogP contribution in [0.3, 0.4) is 0 Å². The Morgan fingerprint density at radius 1 is 1.26 bits per heavy atom. The molecule has 2 N–H and O–H groups in total. The molecule has 5 heteroatoms. The number of aliphatic hydroxyl groups is 1. The first-order valence-corrected chi connectivity index (χ1v) is 8.33. The van der Waals surface area contributed by atoms with Gasteiger partial charge < -0.3 is 15.3 Å². The van der Waals surface area contributed by atoms with E-state index < -0.39 is 0 Å². The summed E-state index contributed by atoms with van der Waals surface area (Å²) in [5.74, 6) is -0.0801. The summed E-state index contributed by atoms with van der Waals surface area (Å²) in [7, 11) is 0. The van der Waals surface area contributed by atoms with Gasteiger partial charge >= 0.3 is 0 Å². The van der Waals surface area contributed by atoms with Gasteiger partial charge in [-0.15, -0.1) is 0 Å². The smallest absolute Gasteiger partial charge is 0.253 e. The van der Waals surface area contributed by atoms with Crippen molar-refractivity contribution < 1.29 is 14.7 Å². The molecule has 1 aromatic rings. The van der Waals surface area contributed by atoms with E-state index in [4.69, 9.17) is 0 Å². The maximum Gasteiger partial charge on any atom is 0.253 e. The lowest BCUT2D eigenvalue weighted by Crippen LogP contribution is -2.44. The van der Waals surface area contributed by atoms with Crippen LogP contribution in [0.25, 0.3) is 0 Å². The Balaban J connectivity index is 2.04. The summed E-state index contributed by atoms with van der Waals surface area (Å²) in [6.45, 7) is 5.40. The molecule has 126 valence electrons. The topological polar surface area (TPSA) is 69.6 Å². The molecule has 0 spiro atoms. The first kappa shape index (κ1) is 17.5. The zero-order chi connectivity index (χ0) is 16.9. The molecule has 2 amide bonds. The van der Waals surface area contributed by atoms with Crippen molar-refractivity contribution in [2.45, 2.75) is 39.5 Å². The average molecular weight is 318 g/mol. The lowest BCUT2D eigenvalue weighted by Gasteiger charge is -2.40. The number of amides is 2. The maximum absolute atomic E-state index is 12.6. The minimum Gasteiger partial charge on any atom is -0.396 e. The van der Waals surface area contributed by atoms with Crippen LogP contribution < -0.4 is 5.32 Å². The molecule has 23 heavy (non-hydrogen) atoms. The number of nitrogens with zero attached hydrogens (tertiary/aromatic N) is 1. The molecule has 0 unspecified atom stereocenters. The Labute approximate surface area is 137 Å². The van der Waals surface area contributed by atoms with Crippen molar-refractivity contribution in [1.29, 1.82) is 0 Å². The van der Waals surface area contributed by atoms with Crippen LogP contribution in [0.1, 0.15) is 49.9 Å². The standard InChI is InChI=1S/C18H26N2O3/c1-3-16(22)19-15-7-5-6-14(12-15)17(23)20-10-8-18(4-2,13-21)9-11-20/h5-7,12,21H,3-4,8-11,13H2,1-2H3,(H,19,22). The summed E-state index contributed by atoms with van der Waals surface area (Å²) >= 11 is 0. The highest BCUT2D eigenvalue weighted by atomic mass is 16.3. The Morgan fingerprint density at radius 2 is 1.96 bits per heavy atom. The fourth-order valence-corrected chi connectivity index (χ4v) is 2.97. The van der Waals surface area contributed by atoms with Crippen LogP contribution in [0.15, 0.2) is 24.3 Å². The summed E-state index contributed by atoms with van der Waals surface area (Å²) in [5, 5.41) is 12.4. The van der Waals surface area contributed by atoms with Gasteiger partial charge in [-0.05, 0) is 42.9 Å². The van der Waals surface area contributed by atoms with Crippen molar-refractivity contribution in [2.24, 2.45) is 5.41 Å². The molecular weight excluding hydrogens is 292 g/mol. The van der Waals surface area contributed by atoms with Gasteiger partial charge in [0.2, 0.25) is 5.91 Å². The molecule has 2 rings (SSSR count). The zero-order valence-electron chi connectivity index (χ0n) is 14.0. The van der Waals surface area contributed by atoms with E-state index in [1.807, 2.05) is 4.90 Å². The fraction of sp³-hybridized carbons (Fsp3) is 0.556. The molecular formula is C18H26N2O3. The Bertz CT molecular complexity index is 557. The van der Waals surface area contributed by atoms with Crippen molar-refractivity contribution in [1.82, 2.24) is 4.90 Å². The highest BCUT2D eigenvalue weighted by molar-refractivity contribution is 5.97. The molecule has 0 atom stereocenters. The molecule has 0 bridgehead atoms. The van der Waals surface area contributed by atoms with Gasteiger partial charge in [-0.2, -0.15) is 0 Å². The first-order chi connectivity index (χ1) is 11.0. The highest BCUT2D eigenvalue weighted by Crippen LogP contribution is 2.34. The zero-order valence-corrected chi connectivity index (χ0v) is 14.0. The predicted molar refractivity (Wildman–Crippen MR) is 90.3 cm³/mol. The van der Waals surface area contributed by atoms with E-state index in [1.165, 1.54) is 0 Å². The number of likely N-dealkylation sites (tertiary alicyclic amines) is 1. The van der Waals surface area contributed by atoms with Crippen molar-refractivity contribution >= 4 is 17.5 Å². The summed E-state index contributed by atoms with van der Waals surface area (Å²) in [6, 6.07) is 7.07. The molecule has 5 nitrogen and oxygen atoms in total. The van der Waals surface area contributed by atoms with Crippen LogP contribution in [0, 0.1) is 5.41 Å². The summed E-state index contributed by atoms with van der Waals surface area (Å²) < 4.78 is 0. The Morgan fingerprint density at radius 3 is 2.52 bits per heavy atom. The molecule has 1 fully saturated rings. The number of carbonyl (C=O) groups excluding carboxylic acids is 2. The van der Waals surface area contributed by atoms with E-state index in [0.29, 0.717) is 30.8 Å². The van der Waals surface area contributed by atoms with Crippen LogP contribution in [0.2, 0.25) is 0 Å². The normalized spacial score (nSPS) is 16.9. The van der Waals surface area contributed by atoms with Crippen molar-refractivity contribution in [3.63, 3.8) is 0 Å². The fourth-order valence-electron chi connectivity index (χ4n) is 2.97. The summed E-state index contributed by atoms with van der Waals surface area (Å²) in [4.78, 5) is 26.0. The third-order valence-electron chi connectivity index (χ3n) is 4.91. The number of hydrogen-bond donors (Lipinski definition) is 2. The van der Waals surface area contributed by atoms with Crippen molar-refractivity contribution in [2.75, 3.05) is 25.0 Å². The number of hydrogen-bond acceptors (Lipinski definition) is 3. The van der Waals surface area contributed by atoms with Crippen LogP contribution in [0.5, 0.6) is 0 Å². The number of benzene rings is 1. The molecule has 0 aliphatic carbocycles. The molecule has 0 radical (unpaired) electrons. The third kappa shape index (κ3) is 4.10. The Hall–Kier alpha value is -1.88. The van der Waals surface area contributed by atoms with E-state index in [2.05, 4.69) is 12.2 Å². The number of piperidine rings is 1. The molecule has 0 aromatic heterocycles. The van der Waals surface area contributed by atoms with E-state index in [1.54, 1.807) is 31.2 Å². The second-order valence-electron chi connectivity index (χ2n) is 6.29. The number of aliphatic hydroxyl groups excluding tert-OH is 1. The molecule has 1 aliphatic heterocycles. The van der Waals surface area contributed by atoms with Gasteiger partial charge in [-0.25, -0.2) is 0 Å². The summed E-state index contributed by atoms with van der Waals surface area (Å²) in [6.07, 6.45) is 3.00. The van der Waals surface area contributed by atoms with E-state index in [0.717, 1.165) is 19.3 Å². The number of rotatable bonds is 5. The maximum atomic E-state index is 12.6. The van der Waals surface area contributed by atoms with Gasteiger partial charge in [0.15, 0.2) is 0 Å². The van der Waals surface area contributed by atoms with Gasteiger partial charge in [-0.3, -0.25) is 9.59 Å². The number of carbonyl (C=O) groups is 2. The van der Waals surface area contributed by atoms with Crippen LogP contribution in [-0.2, 0) is 4.79 Å². The van der Waals surface area contributed by atoms with E-state index in [-0.39, 0.29) is 23.8 Å². The van der Waals surface area contributed by atoms with Gasteiger partial charge in [-0.1, -0.05) is 19.9 Å². The first-order valence-electron chi connectivity index (χ1n) is 8.33. The predicted octanol–water partition coefficient (Wildman–Crippen LogP) is 2.66. The molecule has 1 heterocycles. The second-order valence-corrected chi connectivity index (χ2v) is 6.29. The monoisotopic (exact) mass is 318 g/mol. The quantitative estimate of drug-likeness (QED) is 0.877. The van der Waals surface area contributed by atoms with Gasteiger partial charge in [0.1, 0.15) is 0 Å². The van der Waals surface area contributed by atoms with Crippen LogP contribution in [0.4, 0.5) is 5.69 Å². The van der Waals surface area contributed by atoms with Gasteiger partial charge in [0, 0.05) is 37.4 Å². The number of nitrogens with one attached hydrogen (secondary N) is 1. The highest BCUT2D eigenvalue weighted by Gasteiger charge is 2.34. The lowest BCUT2D eigenvalue weighted by molar-refractivity contribution is -0.115. The third-order valence-corrected chi connectivity index (χ3v) is 4.91. The molecule has 0 saturated carbocycles. The molecule has 1 aromatic carbocycles. The average Bonchev–Trinajstić information content (AvgIpc) is 2.61. The SMILES string of the molecule is CCC(=O)Nc1cccc(C(=O)N2CCC(CC)(CO)CC2)c1. The summed E-state index contributed by atoms with van der Waals surface area (Å²) in [5.41, 5.74) is 1.21. The minimum atomic E-state index is -0.0664. The van der Waals surface area contributed by atoms with Gasteiger partial charge in [0.05, 0.1) is 0 Å². The lowest BCUT2D eigenvalue weighted by atomic mass is 9.77. The van der Waals surface area contributed by atoms with Crippen LogP contribution in [-0.4, -0.2) is 41.5 Å². The second kappa shape index (κ2) is 7.59. The Kier molecular flexibility index (Phi) is 5.77. The van der Waals surface area contributed by atoms with E-state index >= 15 is 0 Å². The van der Waals surface area contributed by atoms with Gasteiger partial charge in [0.25, 0.3) is 5.91 Å². The van der Waals surface area contributed by atoms with Crippen LogP contribution >= 0.6 is 0 Å². The molecule has 1 aliphatic rings. The van der Waals surface area contributed by atoms with E-state index in [9.17, 15) is 14.7 Å².